The molecule has 2 aromatic heterocycles. The van der Waals surface area contributed by atoms with Gasteiger partial charge in [-0.1, -0.05) is 13.8 Å². The van der Waals surface area contributed by atoms with E-state index in [0.29, 0.717) is 23.1 Å². The quantitative estimate of drug-likeness (QED) is 0.727. The fourth-order valence-corrected chi connectivity index (χ4v) is 4.97. The minimum atomic E-state index is -3.45. The highest BCUT2D eigenvalue weighted by atomic mass is 32.2. The van der Waals surface area contributed by atoms with Crippen LogP contribution in [0.5, 0.6) is 0 Å². The third-order valence-electron chi connectivity index (χ3n) is 3.32. The SMILES string of the molecule is CCN(CC)S(=O)(=O)c1ccc(CNC(=O)/C=C/c2ccco2)s1. The van der Waals surface area contributed by atoms with E-state index in [-0.39, 0.29) is 12.5 Å². The molecule has 0 aliphatic carbocycles. The van der Waals surface area contributed by atoms with Crippen molar-refractivity contribution >= 4 is 33.3 Å². The van der Waals surface area contributed by atoms with Gasteiger partial charge in [-0.05, 0) is 30.3 Å². The fourth-order valence-electron chi connectivity index (χ4n) is 2.06. The number of carbonyl (C=O) groups excluding carboxylic acids is 1. The van der Waals surface area contributed by atoms with Gasteiger partial charge in [-0.3, -0.25) is 4.79 Å². The summed E-state index contributed by atoms with van der Waals surface area (Å²) in [5.74, 6) is 0.321. The van der Waals surface area contributed by atoms with Crippen LogP contribution < -0.4 is 5.32 Å². The molecule has 24 heavy (non-hydrogen) atoms. The second-order valence-electron chi connectivity index (χ2n) is 4.88. The van der Waals surface area contributed by atoms with E-state index in [1.54, 1.807) is 44.2 Å². The van der Waals surface area contributed by atoms with Gasteiger partial charge in [0.1, 0.15) is 9.97 Å². The van der Waals surface area contributed by atoms with E-state index < -0.39 is 10.0 Å². The van der Waals surface area contributed by atoms with Crippen molar-refractivity contribution in [3.8, 4) is 0 Å². The molecule has 6 nitrogen and oxygen atoms in total. The Hall–Kier alpha value is -1.90. The van der Waals surface area contributed by atoms with Crippen molar-refractivity contribution in [3.63, 3.8) is 0 Å². The van der Waals surface area contributed by atoms with Gasteiger partial charge in [0.25, 0.3) is 10.0 Å². The van der Waals surface area contributed by atoms with Crippen LogP contribution in [0.4, 0.5) is 0 Å². The molecule has 2 aromatic rings. The molecular formula is C16H20N2O4S2. The molecule has 0 saturated heterocycles. The first-order valence-corrected chi connectivity index (χ1v) is 9.81. The van der Waals surface area contributed by atoms with E-state index in [9.17, 15) is 13.2 Å². The van der Waals surface area contributed by atoms with Crippen LogP contribution in [0.15, 0.2) is 45.2 Å². The van der Waals surface area contributed by atoms with Gasteiger partial charge >= 0.3 is 0 Å². The summed E-state index contributed by atoms with van der Waals surface area (Å²) in [5, 5.41) is 2.72. The van der Waals surface area contributed by atoms with Crippen LogP contribution in [-0.4, -0.2) is 31.7 Å². The van der Waals surface area contributed by atoms with Crippen LogP contribution in [0.2, 0.25) is 0 Å². The van der Waals surface area contributed by atoms with Crippen molar-refractivity contribution in [3.05, 3.63) is 47.2 Å². The van der Waals surface area contributed by atoms with E-state index in [1.165, 1.54) is 28.0 Å². The van der Waals surface area contributed by atoms with Crippen molar-refractivity contribution in [2.45, 2.75) is 24.6 Å². The Balaban J connectivity index is 1.95. The molecule has 0 unspecified atom stereocenters. The second kappa shape index (κ2) is 8.27. The normalized spacial score (nSPS) is 12.1. The standard InChI is InChI=1S/C16H20N2O4S2/c1-3-18(4-2)24(20,21)16-10-8-14(23-16)12-17-15(19)9-7-13-6-5-11-22-13/h5-11H,3-4,12H2,1-2H3,(H,17,19)/b9-7+. The molecule has 0 aliphatic heterocycles. The smallest absolute Gasteiger partial charge is 0.252 e. The molecule has 0 radical (unpaired) electrons. The minimum absolute atomic E-state index is 0.270. The molecule has 1 N–H and O–H groups in total. The van der Waals surface area contributed by atoms with Crippen molar-refractivity contribution in [2.24, 2.45) is 0 Å². The number of hydrogen-bond donors (Lipinski definition) is 1. The number of sulfonamides is 1. The summed E-state index contributed by atoms with van der Waals surface area (Å²) in [7, 11) is -3.45. The number of hydrogen-bond acceptors (Lipinski definition) is 5. The van der Waals surface area contributed by atoms with Gasteiger partial charge in [-0.15, -0.1) is 11.3 Å². The Kier molecular flexibility index (Phi) is 6.36. The summed E-state index contributed by atoms with van der Waals surface area (Å²) in [4.78, 5) is 12.5. The Morgan fingerprint density at radius 2 is 2.04 bits per heavy atom. The van der Waals surface area contributed by atoms with Crippen LogP contribution >= 0.6 is 11.3 Å². The lowest BCUT2D eigenvalue weighted by molar-refractivity contribution is -0.116. The second-order valence-corrected chi connectivity index (χ2v) is 8.21. The third kappa shape index (κ3) is 4.56. The number of carbonyl (C=O) groups is 1. The Morgan fingerprint density at radius 3 is 2.67 bits per heavy atom. The summed E-state index contributed by atoms with van der Waals surface area (Å²) in [6.07, 6.45) is 4.47. The van der Waals surface area contributed by atoms with E-state index in [0.717, 1.165) is 4.88 Å². The molecule has 130 valence electrons. The van der Waals surface area contributed by atoms with Crippen molar-refractivity contribution in [2.75, 3.05) is 13.1 Å². The van der Waals surface area contributed by atoms with Gasteiger partial charge in [0.15, 0.2) is 0 Å². The van der Waals surface area contributed by atoms with E-state index in [2.05, 4.69) is 5.32 Å². The number of nitrogens with zero attached hydrogens (tertiary/aromatic N) is 1. The predicted octanol–water partition coefficient (Wildman–Crippen LogP) is 2.70. The number of nitrogens with one attached hydrogen (secondary N) is 1. The van der Waals surface area contributed by atoms with Gasteiger partial charge in [0.05, 0.1) is 12.8 Å². The van der Waals surface area contributed by atoms with Crippen LogP contribution in [-0.2, 0) is 21.4 Å². The highest BCUT2D eigenvalue weighted by Gasteiger charge is 2.23. The molecular weight excluding hydrogens is 348 g/mol. The average molecular weight is 368 g/mol. The van der Waals surface area contributed by atoms with Crippen molar-refractivity contribution in [1.29, 1.82) is 0 Å². The van der Waals surface area contributed by atoms with Crippen molar-refractivity contribution < 1.29 is 17.6 Å². The van der Waals surface area contributed by atoms with Crippen LogP contribution in [0, 0.1) is 0 Å². The maximum Gasteiger partial charge on any atom is 0.252 e. The summed E-state index contributed by atoms with van der Waals surface area (Å²) in [6.45, 7) is 4.75. The van der Waals surface area contributed by atoms with Crippen LogP contribution in [0.1, 0.15) is 24.5 Å². The third-order valence-corrected chi connectivity index (χ3v) is 6.92. The van der Waals surface area contributed by atoms with E-state index in [4.69, 9.17) is 4.42 Å². The summed E-state index contributed by atoms with van der Waals surface area (Å²) >= 11 is 1.17. The Bertz CT molecular complexity index is 788. The summed E-state index contributed by atoms with van der Waals surface area (Å²) in [6, 6.07) is 6.78. The lowest BCUT2D eigenvalue weighted by Gasteiger charge is -2.16. The summed E-state index contributed by atoms with van der Waals surface area (Å²) in [5.41, 5.74) is 0. The van der Waals surface area contributed by atoms with Gasteiger partial charge in [0.2, 0.25) is 5.91 Å². The minimum Gasteiger partial charge on any atom is -0.465 e. The molecule has 0 spiro atoms. The first-order valence-electron chi connectivity index (χ1n) is 7.55. The highest BCUT2D eigenvalue weighted by Crippen LogP contribution is 2.24. The largest absolute Gasteiger partial charge is 0.465 e. The van der Waals surface area contributed by atoms with E-state index in [1.807, 2.05) is 0 Å². The van der Waals surface area contributed by atoms with Gasteiger partial charge in [-0.2, -0.15) is 4.31 Å². The average Bonchev–Trinajstić information content (AvgIpc) is 3.23. The maximum atomic E-state index is 12.4. The van der Waals surface area contributed by atoms with E-state index >= 15 is 0 Å². The molecule has 2 rings (SSSR count). The van der Waals surface area contributed by atoms with Crippen molar-refractivity contribution in [1.82, 2.24) is 9.62 Å². The first kappa shape index (κ1) is 18.4. The monoisotopic (exact) mass is 368 g/mol. The number of amides is 1. The molecule has 0 aliphatic rings. The maximum absolute atomic E-state index is 12.4. The number of rotatable bonds is 8. The topological polar surface area (TPSA) is 79.6 Å². The molecule has 0 bridgehead atoms. The zero-order valence-electron chi connectivity index (χ0n) is 13.6. The van der Waals surface area contributed by atoms with Gasteiger partial charge in [0, 0.05) is 24.0 Å². The van der Waals surface area contributed by atoms with Crippen LogP contribution in [0.25, 0.3) is 6.08 Å². The molecule has 0 saturated carbocycles. The van der Waals surface area contributed by atoms with Gasteiger partial charge in [-0.25, -0.2) is 8.42 Å². The fraction of sp³-hybridized carbons (Fsp3) is 0.312. The highest BCUT2D eigenvalue weighted by molar-refractivity contribution is 7.91. The zero-order valence-corrected chi connectivity index (χ0v) is 15.2. The zero-order chi connectivity index (χ0) is 17.6. The number of thiophene rings is 1. The predicted molar refractivity (Wildman–Crippen MR) is 94.0 cm³/mol. The Labute approximate surface area is 145 Å². The van der Waals surface area contributed by atoms with Crippen LogP contribution in [0.3, 0.4) is 0 Å². The molecule has 0 aromatic carbocycles. The summed E-state index contributed by atoms with van der Waals surface area (Å²) < 4.78 is 31.6. The molecule has 0 fully saturated rings. The lowest BCUT2D eigenvalue weighted by atomic mass is 10.4. The molecule has 0 atom stereocenters. The lowest BCUT2D eigenvalue weighted by Crippen LogP contribution is -2.29. The number of furan rings is 1. The molecule has 2 heterocycles. The Morgan fingerprint density at radius 1 is 1.29 bits per heavy atom. The first-order chi connectivity index (χ1) is 11.5. The molecule has 1 amide bonds. The molecule has 8 heteroatoms. The van der Waals surface area contributed by atoms with Gasteiger partial charge < -0.3 is 9.73 Å².